The Balaban J connectivity index is 1.59. The van der Waals surface area contributed by atoms with Crippen molar-refractivity contribution in [3.8, 4) is 0 Å². The van der Waals surface area contributed by atoms with Crippen molar-refractivity contribution >= 4 is 0 Å². The Hall–Kier alpha value is -0.0800. The molecule has 0 aromatic rings. The molecule has 2 N–H and O–H groups in total. The van der Waals surface area contributed by atoms with Crippen LogP contribution in [0.25, 0.3) is 0 Å². The van der Waals surface area contributed by atoms with Gasteiger partial charge in [-0.15, -0.1) is 0 Å². The smallest absolute Gasteiger partial charge is 0.00817 e. The van der Waals surface area contributed by atoms with Crippen LogP contribution >= 0.6 is 0 Å². The normalized spacial score (nSPS) is 28.8. The van der Waals surface area contributed by atoms with Gasteiger partial charge >= 0.3 is 0 Å². The zero-order chi connectivity index (χ0) is 12.6. The fourth-order valence-electron chi connectivity index (χ4n) is 3.57. The number of hydrogen-bond donors (Lipinski definition) is 2. The highest BCUT2D eigenvalue weighted by atomic mass is 14.9. The lowest BCUT2D eigenvalue weighted by Gasteiger charge is -2.26. The predicted molar refractivity (Wildman–Crippen MR) is 78.9 cm³/mol. The fraction of sp³-hybridized carbons (Fsp3) is 1.00. The molecule has 2 fully saturated rings. The Morgan fingerprint density at radius 2 is 1.72 bits per heavy atom. The summed E-state index contributed by atoms with van der Waals surface area (Å²) < 4.78 is 0. The maximum absolute atomic E-state index is 3.78. The van der Waals surface area contributed by atoms with Gasteiger partial charge in [0.1, 0.15) is 0 Å². The van der Waals surface area contributed by atoms with Crippen LogP contribution in [0, 0.1) is 5.92 Å². The highest BCUT2D eigenvalue weighted by Gasteiger charge is 2.17. The molecule has 2 unspecified atom stereocenters. The topological polar surface area (TPSA) is 24.1 Å². The average molecular weight is 252 g/mol. The summed E-state index contributed by atoms with van der Waals surface area (Å²) in [5, 5.41) is 7.49. The van der Waals surface area contributed by atoms with Crippen LogP contribution < -0.4 is 10.6 Å². The molecule has 2 nitrogen and oxygen atoms in total. The minimum atomic E-state index is 0.683. The van der Waals surface area contributed by atoms with E-state index in [1.165, 1.54) is 77.3 Å². The van der Waals surface area contributed by atoms with Gasteiger partial charge in [0.15, 0.2) is 0 Å². The second-order valence-corrected chi connectivity index (χ2v) is 6.55. The average Bonchev–Trinajstić information content (AvgIpc) is 2.66. The molecule has 1 saturated carbocycles. The van der Waals surface area contributed by atoms with E-state index >= 15 is 0 Å². The van der Waals surface area contributed by atoms with Crippen LogP contribution in [0.4, 0.5) is 0 Å². The highest BCUT2D eigenvalue weighted by molar-refractivity contribution is 4.77. The van der Waals surface area contributed by atoms with Gasteiger partial charge in [-0.1, -0.05) is 32.1 Å². The molecule has 2 rings (SSSR count). The molecule has 106 valence electrons. The van der Waals surface area contributed by atoms with E-state index in [0.29, 0.717) is 6.04 Å². The first-order valence-electron chi connectivity index (χ1n) is 8.31. The molecule has 2 atom stereocenters. The summed E-state index contributed by atoms with van der Waals surface area (Å²) >= 11 is 0. The molecule has 1 aliphatic carbocycles. The molecule has 1 aliphatic heterocycles. The van der Waals surface area contributed by atoms with E-state index in [1.807, 2.05) is 0 Å². The van der Waals surface area contributed by atoms with Gasteiger partial charge in [0.2, 0.25) is 0 Å². The maximum atomic E-state index is 3.78. The van der Waals surface area contributed by atoms with Crippen molar-refractivity contribution in [3.05, 3.63) is 0 Å². The van der Waals surface area contributed by atoms with Crippen LogP contribution in [-0.4, -0.2) is 25.2 Å². The Morgan fingerprint density at radius 3 is 2.56 bits per heavy atom. The minimum absolute atomic E-state index is 0.683. The molecule has 0 radical (unpaired) electrons. The number of hydrogen-bond acceptors (Lipinski definition) is 2. The molecule has 2 aliphatic rings. The zero-order valence-corrected chi connectivity index (χ0v) is 12.2. The molecule has 1 saturated heterocycles. The molecular formula is C16H32N2. The lowest BCUT2D eigenvalue weighted by atomic mass is 9.89. The van der Waals surface area contributed by atoms with Gasteiger partial charge in [0, 0.05) is 12.1 Å². The van der Waals surface area contributed by atoms with Crippen molar-refractivity contribution in [2.45, 2.75) is 83.2 Å². The van der Waals surface area contributed by atoms with Crippen molar-refractivity contribution in [1.29, 1.82) is 0 Å². The van der Waals surface area contributed by atoms with Gasteiger partial charge in [-0.25, -0.2) is 0 Å². The molecule has 0 aromatic heterocycles. The number of nitrogens with one attached hydrogen (secondary N) is 2. The quantitative estimate of drug-likeness (QED) is 0.783. The molecule has 0 aromatic carbocycles. The van der Waals surface area contributed by atoms with Crippen molar-refractivity contribution in [3.63, 3.8) is 0 Å². The van der Waals surface area contributed by atoms with E-state index in [9.17, 15) is 0 Å². The first-order valence-corrected chi connectivity index (χ1v) is 8.31. The Kier molecular flexibility index (Phi) is 6.50. The standard InChI is InChI=1S/C16H32N2/c1-14(12-16-10-6-3-7-11-17-16)18-13-15-8-4-2-5-9-15/h14-18H,2-13H2,1H3. The maximum Gasteiger partial charge on any atom is 0.00817 e. The predicted octanol–water partition coefficient (Wildman–Crippen LogP) is 3.47. The van der Waals surface area contributed by atoms with Crippen molar-refractivity contribution in [2.75, 3.05) is 13.1 Å². The molecule has 18 heavy (non-hydrogen) atoms. The highest BCUT2D eigenvalue weighted by Crippen LogP contribution is 2.23. The summed E-state index contributed by atoms with van der Waals surface area (Å²) in [6, 6.07) is 1.45. The Bertz CT molecular complexity index is 203. The van der Waals surface area contributed by atoms with Gasteiger partial charge in [0.05, 0.1) is 0 Å². The zero-order valence-electron chi connectivity index (χ0n) is 12.2. The van der Waals surface area contributed by atoms with E-state index in [-0.39, 0.29) is 0 Å². The lowest BCUT2D eigenvalue weighted by Crippen LogP contribution is -2.38. The molecule has 0 amide bonds. The van der Waals surface area contributed by atoms with E-state index in [2.05, 4.69) is 17.6 Å². The summed E-state index contributed by atoms with van der Waals surface area (Å²) in [5.41, 5.74) is 0. The summed E-state index contributed by atoms with van der Waals surface area (Å²) in [5.74, 6) is 0.961. The van der Waals surface area contributed by atoms with Gasteiger partial charge < -0.3 is 10.6 Å². The Labute approximate surface area is 113 Å². The third-order valence-electron chi connectivity index (χ3n) is 4.78. The fourth-order valence-corrected chi connectivity index (χ4v) is 3.57. The summed E-state index contributed by atoms with van der Waals surface area (Å²) in [4.78, 5) is 0. The lowest BCUT2D eigenvalue weighted by molar-refractivity contribution is 0.316. The third kappa shape index (κ3) is 5.27. The van der Waals surface area contributed by atoms with Crippen LogP contribution in [0.1, 0.15) is 71.1 Å². The SMILES string of the molecule is CC(CC1CCCCCN1)NCC1CCCCC1. The van der Waals surface area contributed by atoms with Crippen molar-refractivity contribution in [2.24, 2.45) is 5.92 Å². The first-order chi connectivity index (χ1) is 8.84. The van der Waals surface area contributed by atoms with E-state index in [4.69, 9.17) is 0 Å². The third-order valence-corrected chi connectivity index (χ3v) is 4.78. The van der Waals surface area contributed by atoms with Gasteiger partial charge in [0.25, 0.3) is 0 Å². The van der Waals surface area contributed by atoms with Gasteiger partial charge in [-0.3, -0.25) is 0 Å². The van der Waals surface area contributed by atoms with Crippen LogP contribution in [0.2, 0.25) is 0 Å². The van der Waals surface area contributed by atoms with Gasteiger partial charge in [-0.2, -0.15) is 0 Å². The molecule has 2 heteroatoms. The van der Waals surface area contributed by atoms with Crippen LogP contribution in [-0.2, 0) is 0 Å². The first kappa shape index (κ1) is 14.3. The largest absolute Gasteiger partial charge is 0.314 e. The van der Waals surface area contributed by atoms with Crippen LogP contribution in [0.5, 0.6) is 0 Å². The summed E-state index contributed by atoms with van der Waals surface area (Å²) in [6.07, 6.45) is 14.2. The second-order valence-electron chi connectivity index (χ2n) is 6.55. The van der Waals surface area contributed by atoms with Crippen molar-refractivity contribution < 1.29 is 0 Å². The second kappa shape index (κ2) is 8.16. The monoisotopic (exact) mass is 252 g/mol. The number of rotatable bonds is 5. The molecule has 1 heterocycles. The molecule has 0 spiro atoms. The summed E-state index contributed by atoms with van der Waals surface area (Å²) in [6.45, 7) is 4.86. The van der Waals surface area contributed by atoms with Crippen molar-refractivity contribution in [1.82, 2.24) is 10.6 Å². The van der Waals surface area contributed by atoms with Crippen LogP contribution in [0.3, 0.4) is 0 Å². The molecule has 0 bridgehead atoms. The van der Waals surface area contributed by atoms with E-state index in [0.717, 1.165) is 12.0 Å². The molecular weight excluding hydrogens is 220 g/mol. The minimum Gasteiger partial charge on any atom is -0.314 e. The summed E-state index contributed by atoms with van der Waals surface area (Å²) in [7, 11) is 0. The van der Waals surface area contributed by atoms with E-state index in [1.54, 1.807) is 0 Å². The van der Waals surface area contributed by atoms with Crippen LogP contribution in [0.15, 0.2) is 0 Å². The van der Waals surface area contributed by atoms with E-state index < -0.39 is 0 Å². The Morgan fingerprint density at radius 1 is 1.00 bits per heavy atom. The van der Waals surface area contributed by atoms with Gasteiger partial charge in [-0.05, 0) is 58.0 Å².